The monoisotopic (exact) mass is 406 g/mol. The van der Waals surface area contributed by atoms with E-state index in [1.165, 1.54) is 16.9 Å². The summed E-state index contributed by atoms with van der Waals surface area (Å²) in [5.41, 5.74) is 3.76. The molecule has 4 rings (SSSR count). The smallest absolute Gasteiger partial charge is 0.257 e. The van der Waals surface area contributed by atoms with Gasteiger partial charge in [-0.3, -0.25) is 14.9 Å². The zero-order valence-corrected chi connectivity index (χ0v) is 17.2. The van der Waals surface area contributed by atoms with Gasteiger partial charge in [0.1, 0.15) is 5.01 Å². The fourth-order valence-corrected chi connectivity index (χ4v) is 4.27. The van der Waals surface area contributed by atoms with Crippen LogP contribution in [-0.2, 0) is 11.2 Å². The largest absolute Gasteiger partial charge is 0.312 e. The number of hydrogen-bond acceptors (Lipinski definition) is 5. The molecule has 2 aromatic carbocycles. The molecule has 2 amide bonds. The van der Waals surface area contributed by atoms with E-state index in [9.17, 15) is 9.59 Å². The van der Waals surface area contributed by atoms with Gasteiger partial charge in [-0.05, 0) is 43.2 Å². The first-order chi connectivity index (χ1) is 14.0. The molecule has 29 heavy (non-hydrogen) atoms. The van der Waals surface area contributed by atoms with E-state index in [0.717, 1.165) is 22.7 Å². The second kappa shape index (κ2) is 8.13. The summed E-state index contributed by atoms with van der Waals surface area (Å²) >= 11 is 1.33. The first-order valence-corrected chi connectivity index (χ1v) is 10.5. The van der Waals surface area contributed by atoms with Crippen LogP contribution in [0, 0.1) is 6.92 Å². The van der Waals surface area contributed by atoms with Crippen LogP contribution in [0.3, 0.4) is 0 Å². The summed E-state index contributed by atoms with van der Waals surface area (Å²) in [5, 5.41) is 12.3. The number of nitrogens with one attached hydrogen (secondary N) is 1. The van der Waals surface area contributed by atoms with Crippen LogP contribution in [0.25, 0.3) is 0 Å². The van der Waals surface area contributed by atoms with Gasteiger partial charge in [0.25, 0.3) is 5.91 Å². The minimum absolute atomic E-state index is 0.0181. The number of aryl methyl sites for hydroxylation is 2. The topological polar surface area (TPSA) is 75.2 Å². The van der Waals surface area contributed by atoms with E-state index in [-0.39, 0.29) is 17.7 Å². The second-order valence-electron chi connectivity index (χ2n) is 7.19. The van der Waals surface area contributed by atoms with E-state index < -0.39 is 0 Å². The highest BCUT2D eigenvalue weighted by Crippen LogP contribution is 2.34. The molecule has 0 spiro atoms. The molecule has 1 aliphatic rings. The Labute approximate surface area is 173 Å². The summed E-state index contributed by atoms with van der Waals surface area (Å²) in [6, 6.07) is 15.5. The van der Waals surface area contributed by atoms with E-state index in [0.29, 0.717) is 23.7 Å². The van der Waals surface area contributed by atoms with Gasteiger partial charge in [-0.15, -0.1) is 10.2 Å². The van der Waals surface area contributed by atoms with Crippen molar-refractivity contribution in [3.05, 3.63) is 70.2 Å². The van der Waals surface area contributed by atoms with Gasteiger partial charge in [-0.25, -0.2) is 0 Å². The molecule has 1 saturated heterocycles. The molecule has 1 aliphatic heterocycles. The zero-order chi connectivity index (χ0) is 20.4. The summed E-state index contributed by atoms with van der Waals surface area (Å²) in [4.78, 5) is 26.7. The molecule has 2 heterocycles. The van der Waals surface area contributed by atoms with Crippen molar-refractivity contribution < 1.29 is 9.59 Å². The Hall–Kier alpha value is -3.06. The minimum Gasteiger partial charge on any atom is -0.312 e. The number of benzene rings is 2. The van der Waals surface area contributed by atoms with E-state index in [4.69, 9.17) is 0 Å². The van der Waals surface area contributed by atoms with Gasteiger partial charge in [0.2, 0.25) is 11.0 Å². The van der Waals surface area contributed by atoms with Gasteiger partial charge in [-0.1, -0.05) is 48.1 Å². The van der Waals surface area contributed by atoms with Crippen molar-refractivity contribution >= 4 is 34.0 Å². The summed E-state index contributed by atoms with van der Waals surface area (Å²) < 4.78 is 0. The Morgan fingerprint density at radius 2 is 2.00 bits per heavy atom. The Bertz CT molecular complexity index is 1040. The van der Waals surface area contributed by atoms with E-state index in [2.05, 4.69) is 34.6 Å². The maximum atomic E-state index is 12.5. The van der Waals surface area contributed by atoms with Gasteiger partial charge in [0.05, 0.1) is 0 Å². The molecule has 0 unspecified atom stereocenters. The van der Waals surface area contributed by atoms with Crippen LogP contribution >= 0.6 is 11.3 Å². The Morgan fingerprint density at radius 1 is 1.21 bits per heavy atom. The van der Waals surface area contributed by atoms with Crippen molar-refractivity contribution in [1.82, 2.24) is 10.2 Å². The van der Waals surface area contributed by atoms with Crippen LogP contribution < -0.4 is 10.2 Å². The maximum Gasteiger partial charge on any atom is 0.257 e. The number of nitrogens with zero attached hydrogens (tertiary/aromatic N) is 3. The molecule has 0 bridgehead atoms. The minimum atomic E-state index is -0.212. The Kier molecular flexibility index (Phi) is 5.40. The lowest BCUT2D eigenvalue weighted by atomic mass is 10.1. The quantitative estimate of drug-likeness (QED) is 0.690. The van der Waals surface area contributed by atoms with Crippen LogP contribution in [-0.4, -0.2) is 28.6 Å². The molecule has 3 aromatic rings. The average molecular weight is 407 g/mol. The summed E-state index contributed by atoms with van der Waals surface area (Å²) in [7, 11) is 0. The van der Waals surface area contributed by atoms with E-state index in [1.807, 2.05) is 37.3 Å². The molecule has 0 radical (unpaired) electrons. The van der Waals surface area contributed by atoms with Crippen molar-refractivity contribution in [2.75, 3.05) is 16.8 Å². The molecule has 0 saturated carbocycles. The average Bonchev–Trinajstić information content (AvgIpc) is 3.34. The van der Waals surface area contributed by atoms with Crippen molar-refractivity contribution in [3.63, 3.8) is 0 Å². The van der Waals surface area contributed by atoms with Gasteiger partial charge in [0, 0.05) is 30.1 Å². The summed E-state index contributed by atoms with van der Waals surface area (Å²) in [6.07, 6.45) is 1.37. The molecular formula is C22H22N4O2S. The molecule has 1 fully saturated rings. The number of aromatic nitrogens is 2. The molecule has 0 aliphatic carbocycles. The molecule has 7 heteroatoms. The maximum absolute atomic E-state index is 12.5. The highest BCUT2D eigenvalue weighted by molar-refractivity contribution is 7.15. The third-order valence-electron chi connectivity index (χ3n) is 5.07. The molecule has 1 atom stereocenters. The van der Waals surface area contributed by atoms with Gasteiger partial charge >= 0.3 is 0 Å². The van der Waals surface area contributed by atoms with Crippen molar-refractivity contribution in [2.24, 2.45) is 0 Å². The lowest BCUT2D eigenvalue weighted by Gasteiger charge is -2.16. The van der Waals surface area contributed by atoms with Gasteiger partial charge < -0.3 is 4.90 Å². The first kappa shape index (κ1) is 19.3. The summed E-state index contributed by atoms with van der Waals surface area (Å²) in [6.45, 7) is 4.63. The number of anilines is 2. The molecule has 148 valence electrons. The van der Waals surface area contributed by atoms with E-state index in [1.54, 1.807) is 11.0 Å². The van der Waals surface area contributed by atoms with E-state index >= 15 is 0 Å². The zero-order valence-electron chi connectivity index (χ0n) is 16.4. The van der Waals surface area contributed by atoms with Crippen molar-refractivity contribution in [3.8, 4) is 0 Å². The SMILES string of the molecule is CCc1ccc(N2C[C@H](c3nnc(NC(=O)c4cccc(C)c4)s3)CC2=O)cc1. The third-order valence-corrected chi connectivity index (χ3v) is 6.07. The van der Waals surface area contributed by atoms with Gasteiger partial charge in [0.15, 0.2) is 0 Å². The van der Waals surface area contributed by atoms with Crippen LogP contribution in [0.5, 0.6) is 0 Å². The third kappa shape index (κ3) is 4.19. The molecule has 1 N–H and O–H groups in total. The molecule has 6 nitrogen and oxygen atoms in total. The Balaban J connectivity index is 1.44. The van der Waals surface area contributed by atoms with Crippen LogP contribution in [0.15, 0.2) is 48.5 Å². The highest BCUT2D eigenvalue weighted by Gasteiger charge is 2.34. The van der Waals surface area contributed by atoms with Crippen LogP contribution in [0.1, 0.15) is 45.8 Å². The summed E-state index contributed by atoms with van der Waals surface area (Å²) in [5.74, 6) is -0.146. The second-order valence-corrected chi connectivity index (χ2v) is 8.20. The molecule has 1 aromatic heterocycles. The standard InChI is InChI=1S/C22H22N4O2S/c1-3-15-7-9-18(10-8-15)26-13-17(12-19(26)27)21-24-25-22(29-21)23-20(28)16-6-4-5-14(2)11-16/h4-11,17H,3,12-13H2,1-2H3,(H,23,25,28)/t17-/m1/s1. The predicted molar refractivity (Wildman–Crippen MR) is 115 cm³/mol. The van der Waals surface area contributed by atoms with Crippen LogP contribution in [0.2, 0.25) is 0 Å². The Morgan fingerprint density at radius 3 is 2.72 bits per heavy atom. The van der Waals surface area contributed by atoms with Crippen molar-refractivity contribution in [1.29, 1.82) is 0 Å². The number of carbonyl (C=O) groups excluding carboxylic acids is 2. The fourth-order valence-electron chi connectivity index (χ4n) is 3.44. The number of rotatable bonds is 5. The van der Waals surface area contributed by atoms with Gasteiger partial charge in [-0.2, -0.15) is 0 Å². The number of amides is 2. The highest BCUT2D eigenvalue weighted by atomic mass is 32.1. The predicted octanol–water partition coefficient (Wildman–Crippen LogP) is 4.18. The lowest BCUT2D eigenvalue weighted by molar-refractivity contribution is -0.117. The number of hydrogen-bond donors (Lipinski definition) is 1. The fraction of sp³-hybridized carbons (Fsp3) is 0.273. The normalized spacial score (nSPS) is 16.3. The number of carbonyl (C=O) groups is 2. The van der Waals surface area contributed by atoms with Crippen molar-refractivity contribution in [2.45, 2.75) is 32.6 Å². The van der Waals surface area contributed by atoms with Crippen LogP contribution in [0.4, 0.5) is 10.8 Å². The first-order valence-electron chi connectivity index (χ1n) is 9.64. The molecular weight excluding hydrogens is 384 g/mol. The lowest BCUT2D eigenvalue weighted by Crippen LogP contribution is -2.24.